The highest BCUT2D eigenvalue weighted by Gasteiger charge is 2.27. The zero-order chi connectivity index (χ0) is 18.7. The molecule has 0 spiro atoms. The Kier molecular flexibility index (Phi) is 5.15. The number of hydrogen-bond acceptors (Lipinski definition) is 7. The third kappa shape index (κ3) is 3.81. The quantitative estimate of drug-likeness (QED) is 0.545. The number of benzene rings is 1. The molecule has 0 aliphatic carbocycles. The summed E-state index contributed by atoms with van der Waals surface area (Å²) in [5.41, 5.74) is 0. The lowest BCUT2D eigenvalue weighted by Gasteiger charge is -2.34. The summed E-state index contributed by atoms with van der Waals surface area (Å²) in [4.78, 5) is 18.6. The van der Waals surface area contributed by atoms with Crippen LogP contribution in [0.3, 0.4) is 0 Å². The predicted molar refractivity (Wildman–Crippen MR) is 92.6 cm³/mol. The minimum atomic E-state index is -3.69. The molecule has 1 aliphatic rings. The van der Waals surface area contributed by atoms with E-state index in [9.17, 15) is 18.5 Å². The molecule has 0 atom stereocenters. The fourth-order valence-corrected chi connectivity index (χ4v) is 4.96. The van der Waals surface area contributed by atoms with Crippen molar-refractivity contribution in [1.82, 2.24) is 14.8 Å². The van der Waals surface area contributed by atoms with Gasteiger partial charge in [0.25, 0.3) is 5.96 Å². The van der Waals surface area contributed by atoms with E-state index in [0.29, 0.717) is 4.88 Å². The molecule has 12 heteroatoms. The molecule has 1 aromatic carbocycles. The number of thiazole rings is 1. The van der Waals surface area contributed by atoms with Gasteiger partial charge in [-0.3, -0.25) is 0 Å². The van der Waals surface area contributed by atoms with E-state index in [1.165, 1.54) is 23.2 Å². The summed E-state index contributed by atoms with van der Waals surface area (Å²) in [6.07, 6.45) is 1.44. The fraction of sp³-hybridized carbons (Fsp3) is 0.286. The number of hydrazone groups is 1. The van der Waals surface area contributed by atoms with E-state index < -0.39 is 14.9 Å². The molecule has 3 rings (SSSR count). The Morgan fingerprint density at radius 1 is 1.35 bits per heavy atom. The number of guanidine groups is 1. The van der Waals surface area contributed by atoms with Gasteiger partial charge >= 0.3 is 0 Å². The summed E-state index contributed by atoms with van der Waals surface area (Å²) in [5, 5.41) is 13.3. The summed E-state index contributed by atoms with van der Waals surface area (Å²) in [6, 6.07) is 8.03. The van der Waals surface area contributed by atoms with Crippen LogP contribution in [0.1, 0.15) is 4.88 Å². The first kappa shape index (κ1) is 18.2. The number of sulfone groups is 1. The Morgan fingerprint density at radius 2 is 2.08 bits per heavy atom. The molecule has 26 heavy (non-hydrogen) atoms. The molecule has 1 fully saturated rings. The van der Waals surface area contributed by atoms with Crippen LogP contribution in [0.4, 0.5) is 0 Å². The molecule has 138 valence electrons. The van der Waals surface area contributed by atoms with Gasteiger partial charge in [0.15, 0.2) is 5.03 Å². The Labute approximate surface area is 153 Å². The van der Waals surface area contributed by atoms with Crippen LogP contribution in [0.2, 0.25) is 0 Å². The summed E-state index contributed by atoms with van der Waals surface area (Å²) in [5.74, 6) is 0.141. The van der Waals surface area contributed by atoms with Crippen LogP contribution in [0.25, 0.3) is 0 Å². The van der Waals surface area contributed by atoms with E-state index in [2.05, 4.69) is 10.1 Å². The van der Waals surface area contributed by atoms with Crippen LogP contribution < -0.4 is 0 Å². The number of nitrogens with zero attached hydrogens (tertiary/aromatic N) is 5. The molecule has 2 aromatic rings. The Balaban J connectivity index is 1.83. The van der Waals surface area contributed by atoms with E-state index in [1.807, 2.05) is 0 Å². The molecular weight excluding hydrogens is 382 g/mol. The van der Waals surface area contributed by atoms with Crippen molar-refractivity contribution >= 4 is 27.1 Å². The minimum absolute atomic E-state index is 0.0299. The Morgan fingerprint density at radius 3 is 2.77 bits per heavy atom. The maximum absolute atomic E-state index is 12.6. The van der Waals surface area contributed by atoms with E-state index >= 15 is 0 Å². The van der Waals surface area contributed by atoms with E-state index in [4.69, 9.17) is 4.74 Å². The van der Waals surface area contributed by atoms with Gasteiger partial charge in [0.2, 0.25) is 14.2 Å². The summed E-state index contributed by atoms with van der Waals surface area (Å²) < 4.78 is 30.5. The normalized spacial score (nSPS) is 16.9. The minimum Gasteiger partial charge on any atom is -0.341 e. The lowest BCUT2D eigenvalue weighted by molar-refractivity contribution is -0.486. The standard InChI is InChI=1S/C14H15N5O5S2/c1-17-9-24-10-18(13(17)16-19(20)21)8-11-7-15-14(25-11)26(22,23)12-5-3-2-4-6-12/h2-7H,8-10H2,1H3/b16-13+. The molecule has 1 aromatic heterocycles. The number of rotatable bonds is 5. The van der Waals surface area contributed by atoms with Gasteiger partial charge < -0.3 is 14.5 Å². The molecule has 0 amide bonds. The molecule has 1 saturated heterocycles. The van der Waals surface area contributed by atoms with E-state index in [0.717, 1.165) is 11.3 Å². The van der Waals surface area contributed by atoms with Crippen molar-refractivity contribution < 1.29 is 18.2 Å². The number of hydrogen-bond donors (Lipinski definition) is 0. The molecule has 0 radical (unpaired) electrons. The second-order valence-electron chi connectivity index (χ2n) is 5.41. The summed E-state index contributed by atoms with van der Waals surface area (Å²) >= 11 is 1.01. The van der Waals surface area contributed by atoms with Gasteiger partial charge in [-0.1, -0.05) is 18.2 Å². The van der Waals surface area contributed by atoms with Crippen molar-refractivity contribution in [2.45, 2.75) is 15.8 Å². The highest BCUT2D eigenvalue weighted by molar-refractivity contribution is 7.93. The monoisotopic (exact) mass is 397 g/mol. The molecule has 0 bridgehead atoms. The van der Waals surface area contributed by atoms with Crippen molar-refractivity contribution in [2.75, 3.05) is 20.5 Å². The highest BCUT2D eigenvalue weighted by atomic mass is 32.2. The summed E-state index contributed by atoms with van der Waals surface area (Å²) in [6.45, 7) is 0.480. The van der Waals surface area contributed by atoms with Gasteiger partial charge in [-0.2, -0.15) is 0 Å². The SMILES string of the molecule is CN1COCN(Cc2cnc(S(=O)(=O)c3ccccc3)s2)/C1=N/[N+](=O)[O-]. The zero-order valence-electron chi connectivity index (χ0n) is 13.7. The van der Waals surface area contributed by atoms with Gasteiger partial charge in [-0.05, 0) is 12.1 Å². The van der Waals surface area contributed by atoms with Crippen LogP contribution >= 0.6 is 11.3 Å². The first-order valence-electron chi connectivity index (χ1n) is 7.39. The molecule has 0 saturated carbocycles. The van der Waals surface area contributed by atoms with Gasteiger partial charge in [-0.15, -0.1) is 11.3 Å². The van der Waals surface area contributed by atoms with Crippen molar-refractivity contribution in [3.63, 3.8) is 0 Å². The smallest absolute Gasteiger partial charge is 0.277 e. The van der Waals surface area contributed by atoms with Crippen LogP contribution in [0, 0.1) is 10.1 Å². The maximum Gasteiger partial charge on any atom is 0.277 e. The first-order valence-corrected chi connectivity index (χ1v) is 9.69. The third-order valence-electron chi connectivity index (χ3n) is 3.49. The molecule has 10 nitrogen and oxygen atoms in total. The zero-order valence-corrected chi connectivity index (χ0v) is 15.3. The lowest BCUT2D eigenvalue weighted by atomic mass is 10.4. The average Bonchev–Trinajstić information content (AvgIpc) is 3.08. The van der Waals surface area contributed by atoms with Crippen molar-refractivity contribution in [3.8, 4) is 0 Å². The van der Waals surface area contributed by atoms with Crippen LogP contribution in [0.15, 0.2) is 50.9 Å². The van der Waals surface area contributed by atoms with Crippen molar-refractivity contribution in [3.05, 3.63) is 51.5 Å². The van der Waals surface area contributed by atoms with Gasteiger partial charge in [0, 0.05) is 18.1 Å². The molecule has 1 aliphatic heterocycles. The van der Waals surface area contributed by atoms with Gasteiger partial charge in [-0.25, -0.2) is 23.5 Å². The topological polar surface area (TPSA) is 118 Å². The molecule has 2 heterocycles. The van der Waals surface area contributed by atoms with Crippen molar-refractivity contribution in [1.29, 1.82) is 0 Å². The predicted octanol–water partition coefficient (Wildman–Crippen LogP) is 1.20. The van der Waals surface area contributed by atoms with Crippen LogP contribution in [-0.4, -0.2) is 54.7 Å². The van der Waals surface area contributed by atoms with E-state index in [-0.39, 0.29) is 35.2 Å². The summed E-state index contributed by atoms with van der Waals surface area (Å²) in [7, 11) is -2.08. The number of nitro groups is 1. The lowest BCUT2D eigenvalue weighted by Crippen LogP contribution is -2.49. The first-order chi connectivity index (χ1) is 12.4. The maximum atomic E-state index is 12.6. The van der Waals surface area contributed by atoms with Gasteiger partial charge in [0.1, 0.15) is 18.6 Å². The van der Waals surface area contributed by atoms with Crippen LogP contribution in [0.5, 0.6) is 0 Å². The molecular formula is C14H15N5O5S2. The number of ether oxygens (including phenoxy) is 1. The fourth-order valence-electron chi connectivity index (χ4n) is 2.35. The van der Waals surface area contributed by atoms with Crippen molar-refractivity contribution in [2.24, 2.45) is 5.10 Å². The average molecular weight is 397 g/mol. The second-order valence-corrected chi connectivity index (χ2v) is 8.64. The Hall–Kier alpha value is -2.57. The molecule has 0 unspecified atom stereocenters. The highest BCUT2D eigenvalue weighted by Crippen LogP contribution is 2.26. The van der Waals surface area contributed by atoms with Crippen LogP contribution in [-0.2, 0) is 21.1 Å². The van der Waals surface area contributed by atoms with E-state index in [1.54, 1.807) is 30.1 Å². The third-order valence-corrected chi connectivity index (χ3v) is 6.63. The number of aromatic nitrogens is 1. The molecule has 0 N–H and O–H groups in total. The largest absolute Gasteiger partial charge is 0.341 e. The van der Waals surface area contributed by atoms with Gasteiger partial charge in [0.05, 0.1) is 11.4 Å². The second kappa shape index (κ2) is 7.35. The Bertz CT molecular complexity index is 928.